The minimum Gasteiger partial charge on any atom is -0.497 e. The molecule has 1 saturated heterocycles. The van der Waals surface area contributed by atoms with Crippen molar-refractivity contribution in [3.05, 3.63) is 65.5 Å². The second-order valence-corrected chi connectivity index (χ2v) is 7.71. The van der Waals surface area contributed by atoms with E-state index in [-0.39, 0.29) is 0 Å². The van der Waals surface area contributed by atoms with Gasteiger partial charge in [0.2, 0.25) is 5.89 Å². The molecule has 0 spiro atoms. The summed E-state index contributed by atoms with van der Waals surface area (Å²) in [5, 5.41) is 0. The summed E-state index contributed by atoms with van der Waals surface area (Å²) in [5.41, 5.74) is 3.19. The molecule has 0 radical (unpaired) electrons. The Morgan fingerprint density at radius 2 is 2.00 bits per heavy atom. The molecular formula is C25H30N2O3. The Balaban J connectivity index is 1.59. The van der Waals surface area contributed by atoms with Crippen molar-refractivity contribution in [2.24, 2.45) is 0 Å². The minimum atomic E-state index is 0.365. The lowest BCUT2D eigenvalue weighted by Crippen LogP contribution is -2.33. The summed E-state index contributed by atoms with van der Waals surface area (Å²) in [6.07, 6.45) is 3.59. The van der Waals surface area contributed by atoms with Crippen molar-refractivity contribution in [3.63, 3.8) is 0 Å². The molecule has 0 N–H and O–H groups in total. The number of para-hydroxylation sites is 1. The molecule has 1 unspecified atom stereocenters. The fourth-order valence-corrected chi connectivity index (χ4v) is 4.21. The van der Waals surface area contributed by atoms with Gasteiger partial charge in [0.05, 0.1) is 25.0 Å². The van der Waals surface area contributed by atoms with E-state index in [1.165, 1.54) is 18.4 Å². The van der Waals surface area contributed by atoms with Crippen molar-refractivity contribution >= 4 is 0 Å². The van der Waals surface area contributed by atoms with E-state index in [0.717, 1.165) is 48.0 Å². The average Bonchev–Trinajstić information content (AvgIpc) is 3.15. The Bertz CT molecular complexity index is 982. The molecule has 0 aliphatic carbocycles. The van der Waals surface area contributed by atoms with Crippen molar-refractivity contribution in [1.82, 2.24) is 9.88 Å². The van der Waals surface area contributed by atoms with Gasteiger partial charge in [0.1, 0.15) is 17.3 Å². The van der Waals surface area contributed by atoms with Gasteiger partial charge in [0.25, 0.3) is 0 Å². The van der Waals surface area contributed by atoms with Crippen LogP contribution in [0, 0.1) is 6.92 Å². The number of piperidine rings is 1. The molecule has 30 heavy (non-hydrogen) atoms. The highest BCUT2D eigenvalue weighted by molar-refractivity contribution is 5.63. The number of benzene rings is 2. The molecular weight excluding hydrogens is 376 g/mol. The maximum Gasteiger partial charge on any atom is 0.230 e. The van der Waals surface area contributed by atoms with E-state index in [2.05, 4.69) is 23.1 Å². The third-order valence-electron chi connectivity index (χ3n) is 5.76. The largest absolute Gasteiger partial charge is 0.497 e. The molecule has 1 aliphatic heterocycles. The molecule has 2 heterocycles. The standard InChI is InChI=1S/C25H30N2O3/c1-4-29-24-14-6-5-12-21(24)25-26-22(18(2)30-25)17-27-15-8-7-13-23(27)19-10-9-11-20(16-19)28-3/h5-6,9-12,14,16,23H,4,7-8,13,15,17H2,1-3H3. The molecule has 0 amide bonds. The van der Waals surface area contributed by atoms with E-state index in [9.17, 15) is 0 Å². The minimum absolute atomic E-state index is 0.365. The number of likely N-dealkylation sites (tertiary alicyclic amines) is 1. The summed E-state index contributed by atoms with van der Waals surface area (Å²) in [4.78, 5) is 7.38. The van der Waals surface area contributed by atoms with Gasteiger partial charge in [-0.25, -0.2) is 4.98 Å². The van der Waals surface area contributed by atoms with Gasteiger partial charge in [-0.1, -0.05) is 30.7 Å². The zero-order valence-corrected chi connectivity index (χ0v) is 18.1. The number of nitrogens with zero attached hydrogens (tertiary/aromatic N) is 2. The number of aryl methyl sites for hydroxylation is 1. The lowest BCUT2D eigenvalue weighted by atomic mass is 9.95. The highest BCUT2D eigenvalue weighted by atomic mass is 16.5. The maximum absolute atomic E-state index is 6.07. The highest BCUT2D eigenvalue weighted by Gasteiger charge is 2.26. The Morgan fingerprint density at radius 1 is 1.13 bits per heavy atom. The monoisotopic (exact) mass is 406 g/mol. The molecule has 1 atom stereocenters. The van der Waals surface area contributed by atoms with E-state index in [0.29, 0.717) is 18.5 Å². The Kier molecular flexibility index (Phi) is 6.38. The lowest BCUT2D eigenvalue weighted by molar-refractivity contribution is 0.138. The van der Waals surface area contributed by atoms with Gasteiger partial charge >= 0.3 is 0 Å². The molecule has 4 rings (SSSR count). The van der Waals surface area contributed by atoms with Crippen LogP contribution >= 0.6 is 0 Å². The smallest absolute Gasteiger partial charge is 0.230 e. The van der Waals surface area contributed by atoms with Crippen molar-refractivity contribution in [2.45, 2.75) is 45.7 Å². The normalized spacial score (nSPS) is 17.1. The molecule has 2 aromatic carbocycles. The Hall–Kier alpha value is -2.79. The van der Waals surface area contributed by atoms with Gasteiger partial charge in [-0.05, 0) is 63.1 Å². The molecule has 1 aromatic heterocycles. The SMILES string of the molecule is CCOc1ccccc1-c1nc(CN2CCCCC2c2cccc(OC)c2)c(C)o1. The van der Waals surface area contributed by atoms with Crippen LogP contribution in [0.3, 0.4) is 0 Å². The second-order valence-electron chi connectivity index (χ2n) is 7.71. The molecule has 0 saturated carbocycles. The number of hydrogen-bond donors (Lipinski definition) is 0. The molecule has 0 bridgehead atoms. The number of oxazole rings is 1. The van der Waals surface area contributed by atoms with Crippen LogP contribution in [0.5, 0.6) is 11.5 Å². The van der Waals surface area contributed by atoms with Gasteiger partial charge in [0, 0.05) is 12.6 Å². The van der Waals surface area contributed by atoms with Crippen molar-refractivity contribution in [1.29, 1.82) is 0 Å². The third kappa shape index (κ3) is 4.36. The topological polar surface area (TPSA) is 47.7 Å². The summed E-state index contributed by atoms with van der Waals surface area (Å²) in [6.45, 7) is 6.42. The Morgan fingerprint density at radius 3 is 2.83 bits per heavy atom. The predicted octanol–water partition coefficient (Wildman–Crippen LogP) is 5.78. The zero-order valence-electron chi connectivity index (χ0n) is 18.1. The van der Waals surface area contributed by atoms with E-state index in [1.54, 1.807) is 7.11 Å². The van der Waals surface area contributed by atoms with Gasteiger partial charge in [-0.2, -0.15) is 0 Å². The van der Waals surface area contributed by atoms with Crippen molar-refractivity contribution < 1.29 is 13.9 Å². The van der Waals surface area contributed by atoms with Crippen LogP contribution < -0.4 is 9.47 Å². The van der Waals surface area contributed by atoms with Gasteiger partial charge in [-0.15, -0.1) is 0 Å². The van der Waals surface area contributed by atoms with Crippen LogP contribution in [0.15, 0.2) is 52.9 Å². The molecule has 1 fully saturated rings. The van der Waals surface area contributed by atoms with E-state index >= 15 is 0 Å². The summed E-state index contributed by atoms with van der Waals surface area (Å²) in [5.74, 6) is 3.21. The first kappa shape index (κ1) is 20.5. The fraction of sp³-hybridized carbons (Fsp3) is 0.400. The molecule has 3 aromatic rings. The molecule has 5 heteroatoms. The quantitative estimate of drug-likeness (QED) is 0.497. The zero-order chi connectivity index (χ0) is 20.9. The average molecular weight is 407 g/mol. The Labute approximate surface area is 178 Å². The first-order chi connectivity index (χ1) is 14.7. The van der Waals surface area contributed by atoms with Crippen LogP contribution in [-0.4, -0.2) is 30.1 Å². The number of rotatable bonds is 7. The second kappa shape index (κ2) is 9.35. The number of methoxy groups -OCH3 is 1. The summed E-state index contributed by atoms with van der Waals surface area (Å²) < 4.78 is 17.3. The first-order valence-corrected chi connectivity index (χ1v) is 10.8. The van der Waals surface area contributed by atoms with Crippen LogP contribution in [0.2, 0.25) is 0 Å². The van der Waals surface area contributed by atoms with Gasteiger partial charge in [-0.3, -0.25) is 4.90 Å². The fourth-order valence-electron chi connectivity index (χ4n) is 4.21. The summed E-state index contributed by atoms with van der Waals surface area (Å²) >= 11 is 0. The van der Waals surface area contributed by atoms with Crippen LogP contribution in [0.1, 0.15) is 49.2 Å². The lowest BCUT2D eigenvalue weighted by Gasteiger charge is -2.35. The van der Waals surface area contributed by atoms with Gasteiger partial charge in [0.15, 0.2) is 0 Å². The van der Waals surface area contributed by atoms with Crippen molar-refractivity contribution in [3.8, 4) is 23.0 Å². The van der Waals surface area contributed by atoms with Crippen molar-refractivity contribution in [2.75, 3.05) is 20.3 Å². The molecule has 5 nitrogen and oxygen atoms in total. The van der Waals surface area contributed by atoms with Crippen LogP contribution in [0.4, 0.5) is 0 Å². The number of hydrogen-bond acceptors (Lipinski definition) is 5. The summed E-state index contributed by atoms with van der Waals surface area (Å²) in [7, 11) is 1.72. The van der Waals surface area contributed by atoms with Gasteiger partial charge < -0.3 is 13.9 Å². The van der Waals surface area contributed by atoms with Crippen LogP contribution in [0.25, 0.3) is 11.5 Å². The number of aromatic nitrogens is 1. The maximum atomic E-state index is 6.07. The van der Waals surface area contributed by atoms with Crippen LogP contribution in [-0.2, 0) is 6.54 Å². The summed E-state index contributed by atoms with van der Waals surface area (Å²) in [6, 6.07) is 16.7. The van der Waals surface area contributed by atoms with E-state index in [4.69, 9.17) is 18.9 Å². The van der Waals surface area contributed by atoms with E-state index in [1.807, 2.05) is 44.2 Å². The highest BCUT2D eigenvalue weighted by Crippen LogP contribution is 2.35. The predicted molar refractivity (Wildman–Crippen MR) is 118 cm³/mol. The third-order valence-corrected chi connectivity index (χ3v) is 5.76. The van der Waals surface area contributed by atoms with E-state index < -0.39 is 0 Å². The molecule has 158 valence electrons. The number of ether oxygens (including phenoxy) is 2. The first-order valence-electron chi connectivity index (χ1n) is 10.8. The molecule has 1 aliphatic rings.